The molecule has 2 aliphatic rings. The van der Waals surface area contributed by atoms with E-state index in [1.165, 1.54) is 0 Å². The third kappa shape index (κ3) is 4.11. The number of aromatic amines is 1. The minimum atomic E-state index is -0.487. The highest BCUT2D eigenvalue weighted by atomic mass is 16.5. The van der Waals surface area contributed by atoms with Gasteiger partial charge in [-0.1, -0.05) is 61.4 Å². The second kappa shape index (κ2) is 9.63. The van der Waals surface area contributed by atoms with Crippen molar-refractivity contribution in [3.63, 3.8) is 0 Å². The average molecular weight is 460 g/mol. The number of carbonyl (C=O) groups is 2. The van der Waals surface area contributed by atoms with Gasteiger partial charge >= 0.3 is 0 Å². The van der Waals surface area contributed by atoms with Gasteiger partial charge < -0.3 is 19.5 Å². The second-order valence-corrected chi connectivity index (χ2v) is 9.48. The van der Waals surface area contributed by atoms with Crippen molar-refractivity contribution in [1.29, 1.82) is 0 Å². The number of ether oxygens (including phenoxy) is 1. The van der Waals surface area contributed by atoms with Crippen molar-refractivity contribution in [1.82, 2.24) is 14.8 Å². The quantitative estimate of drug-likeness (QED) is 0.509. The summed E-state index contributed by atoms with van der Waals surface area (Å²) >= 11 is 0. The number of hydrogen-bond donors (Lipinski definition) is 1. The highest BCUT2D eigenvalue weighted by molar-refractivity contribution is 5.97. The van der Waals surface area contributed by atoms with Crippen LogP contribution in [0.25, 0.3) is 10.9 Å². The number of nitrogens with zero attached hydrogens (tertiary/aromatic N) is 2. The standard InChI is InChI=1S/C28H33N3O3/c1-3-4-14-34-15-8-13-30-18-25(32)31-24(28(30)33)17-22-21-11-5-6-12-23(21)29-26(22)27(31)20-10-7-9-19(2)16-20/h5-7,9-12,16,24,27,29H,3-4,8,13-15,17-18H2,1-2H3/t24-,27-/m0/s1. The van der Waals surface area contributed by atoms with Gasteiger partial charge in [0.15, 0.2) is 0 Å². The van der Waals surface area contributed by atoms with Crippen molar-refractivity contribution in [2.24, 2.45) is 0 Å². The van der Waals surface area contributed by atoms with Gasteiger partial charge in [0.05, 0.1) is 12.6 Å². The number of carbonyl (C=O) groups excluding carboxylic acids is 2. The Morgan fingerprint density at radius 1 is 1.06 bits per heavy atom. The normalized spacial score (nSPS) is 20.1. The first-order valence-electron chi connectivity index (χ1n) is 12.4. The maximum Gasteiger partial charge on any atom is 0.246 e. The molecule has 6 nitrogen and oxygen atoms in total. The van der Waals surface area contributed by atoms with E-state index in [1.54, 1.807) is 4.90 Å². The predicted molar refractivity (Wildman–Crippen MR) is 133 cm³/mol. The van der Waals surface area contributed by atoms with Gasteiger partial charge in [-0.25, -0.2) is 0 Å². The van der Waals surface area contributed by atoms with Crippen LogP contribution in [0.4, 0.5) is 0 Å². The largest absolute Gasteiger partial charge is 0.381 e. The van der Waals surface area contributed by atoms with E-state index in [2.05, 4.69) is 49.2 Å². The summed E-state index contributed by atoms with van der Waals surface area (Å²) in [7, 11) is 0. The van der Waals surface area contributed by atoms with E-state index in [9.17, 15) is 9.59 Å². The molecule has 0 spiro atoms. The molecule has 0 bridgehead atoms. The number of aryl methyl sites for hydroxylation is 1. The molecule has 1 N–H and O–H groups in total. The highest BCUT2D eigenvalue weighted by Gasteiger charge is 2.48. The lowest BCUT2D eigenvalue weighted by Crippen LogP contribution is -2.63. The third-order valence-electron chi connectivity index (χ3n) is 7.06. The number of para-hydroxylation sites is 1. The Morgan fingerprint density at radius 2 is 1.88 bits per heavy atom. The zero-order valence-corrected chi connectivity index (χ0v) is 20.0. The van der Waals surface area contributed by atoms with Crippen LogP contribution < -0.4 is 0 Å². The van der Waals surface area contributed by atoms with Crippen molar-refractivity contribution in [3.8, 4) is 0 Å². The Balaban J connectivity index is 1.47. The zero-order valence-electron chi connectivity index (χ0n) is 20.0. The van der Waals surface area contributed by atoms with Crippen LogP contribution in [0, 0.1) is 6.92 Å². The first-order valence-corrected chi connectivity index (χ1v) is 12.4. The fourth-order valence-electron chi connectivity index (χ4n) is 5.41. The van der Waals surface area contributed by atoms with E-state index >= 15 is 0 Å². The number of aromatic nitrogens is 1. The van der Waals surface area contributed by atoms with Gasteiger partial charge in [0.1, 0.15) is 6.04 Å². The molecule has 1 saturated heterocycles. The summed E-state index contributed by atoms with van der Waals surface area (Å²) < 4.78 is 5.67. The van der Waals surface area contributed by atoms with Crippen LogP contribution >= 0.6 is 0 Å². The Kier molecular flexibility index (Phi) is 6.42. The molecule has 3 heterocycles. The maximum atomic E-state index is 13.7. The van der Waals surface area contributed by atoms with Crippen LogP contribution in [0.2, 0.25) is 0 Å². The van der Waals surface area contributed by atoms with Crippen LogP contribution in [-0.2, 0) is 20.7 Å². The second-order valence-electron chi connectivity index (χ2n) is 9.48. The fraction of sp³-hybridized carbons (Fsp3) is 0.429. The molecule has 0 aliphatic carbocycles. The number of fused-ring (bicyclic) bond motifs is 4. The van der Waals surface area contributed by atoms with E-state index in [0.29, 0.717) is 19.6 Å². The lowest BCUT2D eigenvalue weighted by molar-refractivity contribution is -0.158. The van der Waals surface area contributed by atoms with E-state index in [1.807, 2.05) is 23.1 Å². The van der Waals surface area contributed by atoms with Crippen molar-refractivity contribution >= 4 is 22.7 Å². The lowest BCUT2D eigenvalue weighted by atomic mass is 9.86. The van der Waals surface area contributed by atoms with E-state index in [4.69, 9.17) is 4.74 Å². The number of unbranched alkanes of at least 4 members (excludes halogenated alkanes) is 1. The molecule has 2 amide bonds. The monoisotopic (exact) mass is 459 g/mol. The molecule has 34 heavy (non-hydrogen) atoms. The van der Waals surface area contributed by atoms with Crippen LogP contribution in [0.5, 0.6) is 0 Å². The van der Waals surface area contributed by atoms with E-state index in [0.717, 1.165) is 59.2 Å². The molecule has 2 aromatic carbocycles. The summed E-state index contributed by atoms with van der Waals surface area (Å²) in [5.41, 5.74) is 5.40. The Morgan fingerprint density at radius 3 is 2.71 bits per heavy atom. The molecule has 1 aromatic heterocycles. The van der Waals surface area contributed by atoms with Gasteiger partial charge in [-0.2, -0.15) is 0 Å². The minimum Gasteiger partial charge on any atom is -0.381 e. The molecule has 0 unspecified atom stereocenters. The summed E-state index contributed by atoms with van der Waals surface area (Å²) in [6, 6.07) is 15.7. The first-order chi connectivity index (χ1) is 16.6. The molecular formula is C28H33N3O3. The smallest absolute Gasteiger partial charge is 0.246 e. The molecule has 6 heteroatoms. The number of amides is 2. The van der Waals surface area contributed by atoms with Crippen molar-refractivity contribution in [3.05, 3.63) is 70.9 Å². The molecule has 1 fully saturated rings. The van der Waals surface area contributed by atoms with Crippen LogP contribution in [0.3, 0.4) is 0 Å². The van der Waals surface area contributed by atoms with Gasteiger partial charge in [-0.15, -0.1) is 0 Å². The number of rotatable bonds is 8. The number of hydrogen-bond acceptors (Lipinski definition) is 3. The first kappa shape index (κ1) is 22.7. The number of benzene rings is 2. The highest BCUT2D eigenvalue weighted by Crippen LogP contribution is 2.42. The maximum absolute atomic E-state index is 13.7. The Hall–Kier alpha value is -3.12. The van der Waals surface area contributed by atoms with Gasteiger partial charge in [-0.05, 0) is 37.0 Å². The van der Waals surface area contributed by atoms with Crippen molar-refractivity contribution in [2.75, 3.05) is 26.3 Å². The predicted octanol–water partition coefficient (Wildman–Crippen LogP) is 4.37. The molecule has 2 atom stereocenters. The lowest BCUT2D eigenvalue weighted by Gasteiger charge is -2.47. The van der Waals surface area contributed by atoms with Gasteiger partial charge in [0.2, 0.25) is 11.8 Å². The Labute approximate surface area is 200 Å². The van der Waals surface area contributed by atoms with E-state index in [-0.39, 0.29) is 24.4 Å². The third-order valence-corrected chi connectivity index (χ3v) is 7.06. The number of piperazine rings is 1. The summed E-state index contributed by atoms with van der Waals surface area (Å²) in [5.74, 6) is 0.0501. The average Bonchev–Trinajstić information content (AvgIpc) is 3.21. The van der Waals surface area contributed by atoms with Crippen molar-refractivity contribution < 1.29 is 14.3 Å². The van der Waals surface area contributed by atoms with Crippen LogP contribution in [0.1, 0.15) is 54.6 Å². The SMILES string of the molecule is CCCCOCCCN1CC(=O)N2[C@@H](c3cccc(C)c3)c3[nH]c4ccccc4c3C[C@H]2C1=O. The summed E-state index contributed by atoms with van der Waals surface area (Å²) in [6.45, 7) is 6.25. The van der Waals surface area contributed by atoms with Crippen LogP contribution in [0.15, 0.2) is 48.5 Å². The summed E-state index contributed by atoms with van der Waals surface area (Å²) in [4.78, 5) is 34.4. The van der Waals surface area contributed by atoms with Gasteiger partial charge in [0.25, 0.3) is 0 Å². The molecule has 0 radical (unpaired) electrons. The number of H-pyrrole nitrogens is 1. The zero-order chi connectivity index (χ0) is 23.7. The molecule has 3 aromatic rings. The number of nitrogens with one attached hydrogen (secondary N) is 1. The molecule has 178 valence electrons. The summed E-state index contributed by atoms with van der Waals surface area (Å²) in [6.07, 6.45) is 3.44. The van der Waals surface area contributed by atoms with Gasteiger partial charge in [0, 0.05) is 42.8 Å². The minimum absolute atomic E-state index is 0.00677. The molecule has 2 aliphatic heterocycles. The van der Waals surface area contributed by atoms with E-state index < -0.39 is 6.04 Å². The fourth-order valence-corrected chi connectivity index (χ4v) is 5.41. The van der Waals surface area contributed by atoms with Crippen LogP contribution in [-0.4, -0.2) is 58.9 Å². The topological polar surface area (TPSA) is 65.6 Å². The van der Waals surface area contributed by atoms with Gasteiger partial charge in [-0.3, -0.25) is 9.59 Å². The Bertz CT molecular complexity index is 1200. The molecule has 0 saturated carbocycles. The molecule has 5 rings (SSSR count). The molecular weight excluding hydrogens is 426 g/mol. The summed E-state index contributed by atoms with van der Waals surface area (Å²) in [5, 5.41) is 1.14. The van der Waals surface area contributed by atoms with Crippen molar-refractivity contribution in [2.45, 2.75) is 51.6 Å².